The van der Waals surface area contributed by atoms with Crippen LogP contribution < -0.4 is 0 Å². The molecule has 0 aliphatic rings. The Hall–Kier alpha value is -0.340. The number of hydrogen-bond acceptors (Lipinski definition) is 3. The van der Waals surface area contributed by atoms with E-state index >= 15 is 0 Å². The molecule has 1 N–H and O–H groups in total. The molecule has 0 saturated carbocycles. The zero-order valence-electron chi connectivity index (χ0n) is 8.20. The first-order valence-corrected chi connectivity index (χ1v) is 7.71. The van der Waals surface area contributed by atoms with Crippen molar-refractivity contribution < 1.29 is 18.3 Å². The summed E-state index contributed by atoms with van der Waals surface area (Å²) in [6, 6.07) is 3.10. The third-order valence-electron chi connectivity index (χ3n) is 2.04. The van der Waals surface area contributed by atoms with Crippen molar-refractivity contribution in [2.24, 2.45) is 0 Å². The predicted molar refractivity (Wildman–Crippen MR) is 69.3 cm³/mol. The minimum absolute atomic E-state index is 0.0993. The van der Waals surface area contributed by atoms with Gasteiger partial charge in [-0.15, -0.1) is 0 Å². The van der Waals surface area contributed by atoms with Crippen LogP contribution in [0.15, 0.2) is 12.1 Å². The van der Waals surface area contributed by atoms with Crippen molar-refractivity contribution in [1.29, 1.82) is 0 Å². The predicted octanol–water partition coefficient (Wildman–Crippen LogP) is 2.37. The lowest BCUT2D eigenvalue weighted by Gasteiger charge is -2.08. The van der Waals surface area contributed by atoms with E-state index in [2.05, 4.69) is 0 Å². The maximum atomic E-state index is 11.0. The van der Waals surface area contributed by atoms with Crippen molar-refractivity contribution in [3.05, 3.63) is 32.4 Å². The minimum Gasteiger partial charge on any atom is -0.478 e. The van der Waals surface area contributed by atoms with Crippen LogP contribution in [0.25, 0.3) is 0 Å². The van der Waals surface area contributed by atoms with Gasteiger partial charge in [0.2, 0.25) is 9.05 Å². The Morgan fingerprint density at radius 1 is 1.50 bits per heavy atom. The third-order valence-corrected chi connectivity index (χ3v) is 3.64. The van der Waals surface area contributed by atoms with E-state index in [-0.39, 0.29) is 11.3 Å². The fraction of sp³-hybridized carbons (Fsp3) is 0.222. The van der Waals surface area contributed by atoms with Crippen molar-refractivity contribution in [3.63, 3.8) is 0 Å². The lowest BCUT2D eigenvalue weighted by atomic mass is 10.0. The Balaban J connectivity index is 3.35. The molecule has 1 aromatic rings. The average molecular weight is 375 g/mol. The van der Waals surface area contributed by atoms with Crippen LogP contribution in [0.1, 0.15) is 21.5 Å². The fourth-order valence-electron chi connectivity index (χ4n) is 1.29. The van der Waals surface area contributed by atoms with Gasteiger partial charge in [0.15, 0.2) is 0 Å². The molecule has 0 atom stereocenters. The molecule has 7 heteroatoms. The Morgan fingerprint density at radius 3 is 2.50 bits per heavy atom. The van der Waals surface area contributed by atoms with Crippen molar-refractivity contribution in [2.75, 3.05) is 0 Å². The molecule has 1 aromatic carbocycles. The summed E-state index contributed by atoms with van der Waals surface area (Å²) in [5.74, 6) is -1.44. The largest absolute Gasteiger partial charge is 0.478 e. The summed E-state index contributed by atoms with van der Waals surface area (Å²) in [6.45, 7) is 1.57. The SMILES string of the molecule is Cc1c(CS(=O)(=O)Cl)cc(I)cc1C(=O)O. The van der Waals surface area contributed by atoms with E-state index in [9.17, 15) is 13.2 Å². The monoisotopic (exact) mass is 374 g/mol. The van der Waals surface area contributed by atoms with Gasteiger partial charge in [-0.25, -0.2) is 13.2 Å². The highest BCUT2D eigenvalue weighted by Gasteiger charge is 2.16. The normalized spacial score (nSPS) is 11.4. The molecule has 0 heterocycles. The topological polar surface area (TPSA) is 71.4 Å². The Morgan fingerprint density at radius 2 is 2.06 bits per heavy atom. The maximum Gasteiger partial charge on any atom is 0.335 e. The Bertz CT molecular complexity index is 539. The zero-order chi connectivity index (χ0) is 12.5. The van der Waals surface area contributed by atoms with E-state index in [4.69, 9.17) is 15.8 Å². The van der Waals surface area contributed by atoms with E-state index in [1.807, 2.05) is 22.6 Å². The molecular weight excluding hydrogens is 367 g/mol. The Kier molecular flexibility index (Phi) is 4.19. The molecule has 0 amide bonds. The van der Waals surface area contributed by atoms with Crippen molar-refractivity contribution in [1.82, 2.24) is 0 Å². The van der Waals surface area contributed by atoms with E-state index in [1.54, 1.807) is 13.0 Å². The summed E-state index contributed by atoms with van der Waals surface area (Å²) >= 11 is 1.93. The smallest absolute Gasteiger partial charge is 0.335 e. The number of benzene rings is 1. The number of carboxylic acid groups (broad SMARTS) is 1. The van der Waals surface area contributed by atoms with Crippen molar-refractivity contribution >= 4 is 48.3 Å². The quantitative estimate of drug-likeness (QED) is 0.651. The lowest BCUT2D eigenvalue weighted by molar-refractivity contribution is 0.0696. The fourth-order valence-corrected chi connectivity index (χ4v) is 3.00. The number of aromatic carboxylic acids is 1. The first-order chi connectivity index (χ1) is 7.20. The minimum atomic E-state index is -3.68. The molecule has 0 bridgehead atoms. The lowest BCUT2D eigenvalue weighted by Crippen LogP contribution is -2.06. The molecule has 0 spiro atoms. The molecule has 0 saturated heterocycles. The van der Waals surface area contributed by atoms with Crippen LogP contribution in [0, 0.1) is 10.5 Å². The molecule has 16 heavy (non-hydrogen) atoms. The summed E-state index contributed by atoms with van der Waals surface area (Å²) in [7, 11) is 1.46. The van der Waals surface area contributed by atoms with Crippen molar-refractivity contribution in [2.45, 2.75) is 12.7 Å². The summed E-state index contributed by atoms with van der Waals surface area (Å²) < 4.78 is 22.6. The van der Waals surface area contributed by atoms with Crippen LogP contribution in [0.3, 0.4) is 0 Å². The molecule has 4 nitrogen and oxygen atoms in total. The molecular formula is C9H8ClIO4S. The van der Waals surface area contributed by atoms with Gasteiger partial charge in [0, 0.05) is 14.3 Å². The van der Waals surface area contributed by atoms with Crippen LogP contribution in [-0.2, 0) is 14.8 Å². The number of rotatable bonds is 3. The molecule has 88 valence electrons. The highest BCUT2D eigenvalue weighted by atomic mass is 127. The number of carbonyl (C=O) groups is 1. The molecule has 0 aliphatic heterocycles. The van der Waals surface area contributed by atoms with E-state index in [0.29, 0.717) is 14.7 Å². The highest BCUT2D eigenvalue weighted by Crippen LogP contribution is 2.21. The zero-order valence-corrected chi connectivity index (χ0v) is 11.9. The molecule has 0 aliphatic carbocycles. The first-order valence-electron chi connectivity index (χ1n) is 4.15. The summed E-state index contributed by atoms with van der Waals surface area (Å²) in [5, 5.41) is 8.93. The highest BCUT2D eigenvalue weighted by molar-refractivity contribution is 14.1. The summed E-state index contributed by atoms with van der Waals surface area (Å²) in [6.07, 6.45) is 0. The van der Waals surface area contributed by atoms with Crippen LogP contribution in [-0.4, -0.2) is 19.5 Å². The van der Waals surface area contributed by atoms with E-state index < -0.39 is 15.0 Å². The van der Waals surface area contributed by atoms with Crippen LogP contribution >= 0.6 is 33.3 Å². The van der Waals surface area contributed by atoms with Gasteiger partial charge in [0.05, 0.1) is 11.3 Å². The second kappa shape index (κ2) is 4.89. The van der Waals surface area contributed by atoms with E-state index in [1.165, 1.54) is 6.07 Å². The second-order valence-corrected chi connectivity index (χ2v) is 7.25. The van der Waals surface area contributed by atoms with Crippen LogP contribution in [0.2, 0.25) is 0 Å². The first kappa shape index (κ1) is 13.7. The van der Waals surface area contributed by atoms with Crippen LogP contribution in [0.4, 0.5) is 0 Å². The van der Waals surface area contributed by atoms with Gasteiger partial charge in [-0.3, -0.25) is 0 Å². The maximum absolute atomic E-state index is 11.0. The van der Waals surface area contributed by atoms with Gasteiger partial charge in [0.25, 0.3) is 0 Å². The second-order valence-electron chi connectivity index (χ2n) is 3.23. The standard InChI is InChI=1S/C9H8ClIO4S/c1-5-6(4-16(10,14)15)2-7(11)3-8(5)9(12)13/h2-3H,4H2,1H3,(H,12,13). The third kappa shape index (κ3) is 3.60. The molecule has 0 unspecified atom stereocenters. The van der Waals surface area contributed by atoms with Gasteiger partial charge >= 0.3 is 5.97 Å². The number of carboxylic acids is 1. The molecule has 0 aromatic heterocycles. The van der Waals surface area contributed by atoms with Gasteiger partial charge in [-0.2, -0.15) is 0 Å². The van der Waals surface area contributed by atoms with Gasteiger partial charge in [-0.05, 0) is 52.8 Å². The number of halogens is 2. The molecule has 0 radical (unpaired) electrons. The number of hydrogen-bond donors (Lipinski definition) is 1. The van der Waals surface area contributed by atoms with Crippen molar-refractivity contribution in [3.8, 4) is 0 Å². The van der Waals surface area contributed by atoms with E-state index in [0.717, 1.165) is 0 Å². The summed E-state index contributed by atoms with van der Waals surface area (Å²) in [4.78, 5) is 10.9. The van der Waals surface area contributed by atoms with Gasteiger partial charge < -0.3 is 5.11 Å². The Labute approximate surface area is 111 Å². The molecule has 1 rings (SSSR count). The average Bonchev–Trinajstić information content (AvgIpc) is 2.07. The van der Waals surface area contributed by atoms with Crippen LogP contribution in [0.5, 0.6) is 0 Å². The molecule has 0 fully saturated rings. The van der Waals surface area contributed by atoms with Gasteiger partial charge in [0.1, 0.15) is 0 Å². The summed E-state index contributed by atoms with van der Waals surface area (Å²) in [5.41, 5.74) is 0.943. The van der Waals surface area contributed by atoms with Gasteiger partial charge in [-0.1, -0.05) is 0 Å².